The van der Waals surface area contributed by atoms with Crippen molar-refractivity contribution in [3.8, 4) is 0 Å². The van der Waals surface area contributed by atoms with Crippen molar-refractivity contribution in [2.75, 3.05) is 17.7 Å². The third kappa shape index (κ3) is 3.18. The second-order valence-corrected chi connectivity index (χ2v) is 5.08. The van der Waals surface area contributed by atoms with E-state index in [0.29, 0.717) is 17.9 Å². The molecule has 0 aliphatic carbocycles. The Morgan fingerprint density at radius 1 is 1.26 bits per heavy atom. The van der Waals surface area contributed by atoms with E-state index in [1.807, 2.05) is 37.1 Å². The fraction of sp³-hybridized carbons (Fsp3) is 0.200. The van der Waals surface area contributed by atoms with Crippen molar-refractivity contribution in [3.05, 3.63) is 58.4 Å². The number of halogens is 2. The van der Waals surface area contributed by atoms with Gasteiger partial charge in [-0.15, -0.1) is 0 Å². The molecule has 0 unspecified atom stereocenters. The summed E-state index contributed by atoms with van der Waals surface area (Å²) >= 11 is 5.70. The quantitative estimate of drug-likeness (QED) is 0.860. The fourth-order valence-corrected chi connectivity index (χ4v) is 2.22. The Bertz CT molecular complexity index is 599. The molecule has 0 aliphatic rings. The highest BCUT2D eigenvalue weighted by atomic mass is 35.5. The molecule has 0 radical (unpaired) electrons. The molecular formula is C15H16ClFN2. The lowest BCUT2D eigenvalue weighted by molar-refractivity contribution is 0.628. The highest BCUT2D eigenvalue weighted by Gasteiger charge is 2.10. The van der Waals surface area contributed by atoms with Gasteiger partial charge >= 0.3 is 0 Å². The molecule has 0 heterocycles. The van der Waals surface area contributed by atoms with Crippen LogP contribution >= 0.6 is 11.6 Å². The molecule has 0 fully saturated rings. The third-order valence-electron chi connectivity index (χ3n) is 2.98. The molecule has 19 heavy (non-hydrogen) atoms. The minimum Gasteiger partial charge on any atom is -0.397 e. The van der Waals surface area contributed by atoms with Gasteiger partial charge in [-0.05, 0) is 18.6 Å². The number of anilines is 2. The van der Waals surface area contributed by atoms with Gasteiger partial charge < -0.3 is 10.6 Å². The molecule has 0 amide bonds. The van der Waals surface area contributed by atoms with Gasteiger partial charge in [0.2, 0.25) is 0 Å². The molecule has 2 aromatic rings. The monoisotopic (exact) mass is 278 g/mol. The first-order valence-electron chi connectivity index (χ1n) is 5.98. The van der Waals surface area contributed by atoms with Gasteiger partial charge in [-0.25, -0.2) is 4.39 Å². The summed E-state index contributed by atoms with van der Waals surface area (Å²) in [5.74, 6) is -0.457. The number of nitrogens with two attached hydrogens (primary N) is 1. The van der Waals surface area contributed by atoms with E-state index < -0.39 is 5.82 Å². The van der Waals surface area contributed by atoms with Crippen LogP contribution in [0.5, 0.6) is 0 Å². The normalized spacial score (nSPS) is 10.5. The Labute approximate surface area is 117 Å². The summed E-state index contributed by atoms with van der Waals surface area (Å²) in [6.07, 6.45) is 0. The van der Waals surface area contributed by atoms with E-state index in [-0.39, 0.29) is 5.02 Å². The van der Waals surface area contributed by atoms with Crippen molar-refractivity contribution in [3.63, 3.8) is 0 Å². The zero-order chi connectivity index (χ0) is 14.0. The van der Waals surface area contributed by atoms with Gasteiger partial charge in [0.25, 0.3) is 0 Å². The van der Waals surface area contributed by atoms with E-state index in [9.17, 15) is 4.39 Å². The number of rotatable bonds is 3. The maximum Gasteiger partial charge on any atom is 0.144 e. The minimum atomic E-state index is -0.457. The van der Waals surface area contributed by atoms with Crippen LogP contribution in [0, 0.1) is 12.7 Å². The third-order valence-corrected chi connectivity index (χ3v) is 3.27. The minimum absolute atomic E-state index is 0.0465. The van der Waals surface area contributed by atoms with Crippen LogP contribution in [0.3, 0.4) is 0 Å². The van der Waals surface area contributed by atoms with Crippen LogP contribution in [-0.2, 0) is 6.54 Å². The van der Waals surface area contributed by atoms with Gasteiger partial charge in [-0.1, -0.05) is 41.4 Å². The molecule has 0 atom stereocenters. The van der Waals surface area contributed by atoms with Crippen LogP contribution in [0.25, 0.3) is 0 Å². The van der Waals surface area contributed by atoms with E-state index in [0.717, 1.165) is 5.56 Å². The van der Waals surface area contributed by atoms with Crippen LogP contribution in [0.15, 0.2) is 36.4 Å². The van der Waals surface area contributed by atoms with Crippen LogP contribution in [0.1, 0.15) is 11.1 Å². The van der Waals surface area contributed by atoms with E-state index in [2.05, 4.69) is 6.07 Å². The lowest BCUT2D eigenvalue weighted by atomic mass is 10.1. The predicted molar refractivity (Wildman–Crippen MR) is 79.1 cm³/mol. The van der Waals surface area contributed by atoms with Crippen molar-refractivity contribution in [2.24, 2.45) is 0 Å². The van der Waals surface area contributed by atoms with Gasteiger partial charge in [0, 0.05) is 19.7 Å². The second kappa shape index (κ2) is 5.49. The molecule has 0 aliphatic heterocycles. The van der Waals surface area contributed by atoms with E-state index in [4.69, 9.17) is 17.3 Å². The van der Waals surface area contributed by atoms with E-state index in [1.165, 1.54) is 17.7 Å². The summed E-state index contributed by atoms with van der Waals surface area (Å²) in [5.41, 5.74) is 9.34. The molecular weight excluding hydrogens is 263 g/mol. The highest BCUT2D eigenvalue weighted by Crippen LogP contribution is 2.29. The maximum absolute atomic E-state index is 13.5. The Morgan fingerprint density at radius 3 is 2.68 bits per heavy atom. The lowest BCUT2D eigenvalue weighted by Gasteiger charge is -2.21. The van der Waals surface area contributed by atoms with Crippen LogP contribution in [-0.4, -0.2) is 7.05 Å². The first-order valence-corrected chi connectivity index (χ1v) is 6.36. The molecule has 100 valence electrons. The van der Waals surface area contributed by atoms with E-state index in [1.54, 1.807) is 0 Å². The van der Waals surface area contributed by atoms with Gasteiger partial charge in [0.15, 0.2) is 0 Å². The molecule has 0 saturated heterocycles. The molecule has 0 spiro atoms. The molecule has 0 bridgehead atoms. The van der Waals surface area contributed by atoms with Crippen molar-refractivity contribution in [2.45, 2.75) is 13.5 Å². The lowest BCUT2D eigenvalue weighted by Crippen LogP contribution is -2.18. The number of nitrogen functional groups attached to an aromatic ring is 1. The molecule has 2 nitrogen and oxygen atoms in total. The number of benzene rings is 2. The summed E-state index contributed by atoms with van der Waals surface area (Å²) < 4.78 is 13.5. The van der Waals surface area contributed by atoms with Crippen LogP contribution in [0.2, 0.25) is 5.02 Å². The standard InChI is InChI=1S/C15H16ClFN2/c1-10-4-3-5-11(6-10)9-19(2)15-8-13(17)12(16)7-14(15)18/h3-8H,9,18H2,1-2H3. The number of aryl methyl sites for hydroxylation is 1. The summed E-state index contributed by atoms with van der Waals surface area (Å²) in [4.78, 5) is 1.91. The molecule has 0 saturated carbocycles. The zero-order valence-corrected chi connectivity index (χ0v) is 11.7. The topological polar surface area (TPSA) is 29.3 Å². The molecule has 2 rings (SSSR count). The van der Waals surface area contributed by atoms with Crippen LogP contribution in [0.4, 0.5) is 15.8 Å². The summed E-state index contributed by atoms with van der Waals surface area (Å²) in [6, 6.07) is 11.0. The van der Waals surface area contributed by atoms with Gasteiger partial charge in [0.1, 0.15) is 5.82 Å². The maximum atomic E-state index is 13.5. The average Bonchev–Trinajstić information content (AvgIpc) is 2.33. The van der Waals surface area contributed by atoms with Crippen molar-refractivity contribution < 1.29 is 4.39 Å². The second-order valence-electron chi connectivity index (χ2n) is 4.67. The number of nitrogens with zero attached hydrogens (tertiary/aromatic N) is 1. The summed E-state index contributed by atoms with van der Waals surface area (Å²) in [6.45, 7) is 2.70. The average molecular weight is 279 g/mol. The Morgan fingerprint density at radius 2 is 2.00 bits per heavy atom. The zero-order valence-electron chi connectivity index (χ0n) is 11.0. The summed E-state index contributed by atoms with van der Waals surface area (Å²) in [5, 5.41) is 0.0465. The fourth-order valence-electron chi connectivity index (χ4n) is 2.05. The summed E-state index contributed by atoms with van der Waals surface area (Å²) in [7, 11) is 1.88. The first-order chi connectivity index (χ1) is 8.97. The van der Waals surface area contributed by atoms with Gasteiger partial charge in [-0.3, -0.25) is 0 Å². The number of hydrogen-bond acceptors (Lipinski definition) is 2. The number of hydrogen-bond donors (Lipinski definition) is 1. The van der Waals surface area contributed by atoms with Gasteiger partial charge in [0.05, 0.1) is 16.4 Å². The van der Waals surface area contributed by atoms with Crippen molar-refractivity contribution >= 4 is 23.0 Å². The van der Waals surface area contributed by atoms with E-state index >= 15 is 0 Å². The molecule has 0 aromatic heterocycles. The predicted octanol–water partition coefficient (Wildman–Crippen LogP) is 4.01. The van der Waals surface area contributed by atoms with Crippen molar-refractivity contribution in [1.82, 2.24) is 0 Å². The molecule has 2 N–H and O–H groups in total. The van der Waals surface area contributed by atoms with Crippen molar-refractivity contribution in [1.29, 1.82) is 0 Å². The molecule has 4 heteroatoms. The Balaban J connectivity index is 2.25. The van der Waals surface area contributed by atoms with Crippen LogP contribution < -0.4 is 10.6 Å². The first kappa shape index (κ1) is 13.7. The molecule has 2 aromatic carbocycles. The van der Waals surface area contributed by atoms with Gasteiger partial charge in [-0.2, -0.15) is 0 Å². The smallest absolute Gasteiger partial charge is 0.144 e. The largest absolute Gasteiger partial charge is 0.397 e. The Kier molecular flexibility index (Phi) is 3.96. The Hall–Kier alpha value is -1.74. The SMILES string of the molecule is Cc1cccc(CN(C)c2cc(F)c(Cl)cc2N)c1. The highest BCUT2D eigenvalue weighted by molar-refractivity contribution is 6.31.